The molecule has 2 aromatic carbocycles. The molecule has 2 aromatic heterocycles. The van der Waals surface area contributed by atoms with Crippen LogP contribution in [0.4, 0.5) is 28.5 Å². The molecule has 13 heteroatoms. The summed E-state index contributed by atoms with van der Waals surface area (Å²) < 4.78 is 67.6. The van der Waals surface area contributed by atoms with Gasteiger partial charge < -0.3 is 20.7 Å². The number of aromatic nitrogens is 3. The molecule has 4 saturated heterocycles. The summed E-state index contributed by atoms with van der Waals surface area (Å²) in [6.07, 6.45) is 3.23. The van der Waals surface area contributed by atoms with Gasteiger partial charge >= 0.3 is 6.01 Å². The van der Waals surface area contributed by atoms with E-state index in [1.807, 2.05) is 4.90 Å². The third-order valence-corrected chi connectivity index (χ3v) is 10.3. The van der Waals surface area contributed by atoms with Crippen molar-refractivity contribution in [2.45, 2.75) is 55.9 Å². The number of piperazine rings is 1. The van der Waals surface area contributed by atoms with Gasteiger partial charge in [0.2, 0.25) is 0 Å². The minimum absolute atomic E-state index is 0.0365. The summed E-state index contributed by atoms with van der Waals surface area (Å²) in [6.45, 7) is 2.62. The summed E-state index contributed by atoms with van der Waals surface area (Å²) in [6, 6.07) is 4.16. The van der Waals surface area contributed by atoms with E-state index in [1.165, 1.54) is 12.1 Å². The van der Waals surface area contributed by atoms with E-state index in [4.69, 9.17) is 15.5 Å². The second-order valence-corrected chi connectivity index (χ2v) is 13.0. The van der Waals surface area contributed by atoms with Gasteiger partial charge in [-0.05, 0) is 50.4 Å². The number of nitrogens with one attached hydrogen (secondary N) is 1. The Morgan fingerprint density at radius 3 is 2.67 bits per heavy atom. The van der Waals surface area contributed by atoms with Crippen LogP contribution in [0.15, 0.2) is 18.2 Å². The lowest BCUT2D eigenvalue weighted by Gasteiger charge is -2.34. The molecule has 4 fully saturated rings. The maximum Gasteiger partial charge on any atom is 0.319 e. The third kappa shape index (κ3) is 4.11. The highest BCUT2D eigenvalue weighted by Crippen LogP contribution is 2.43. The largest absolute Gasteiger partial charge is 0.461 e. The van der Waals surface area contributed by atoms with E-state index >= 15 is 8.78 Å². The van der Waals surface area contributed by atoms with Gasteiger partial charge in [-0.3, -0.25) is 4.90 Å². The average Bonchev–Trinajstić information content (AvgIpc) is 3.70. The standard InChI is InChI=1S/C29H29F4N7OS/c30-14-9-29(6-1-7-40(29)10-14)13-41-28-37-23-18(26(38-28)39-11-15-2-3-16(12-39)35-15)8-20(32)21(22(23)33)17-4-5-19(31)25-24(17)36-27(34)42-25/h4-5,8,14-16,35H,1-3,6-7,9-13H2,(H2,34,36)/t14-,15?,16?,29+/m1/s1. The Morgan fingerprint density at radius 1 is 1.05 bits per heavy atom. The number of hydrogen-bond acceptors (Lipinski definition) is 9. The Labute approximate surface area is 242 Å². The Balaban J connectivity index is 1.27. The molecular formula is C29H29F4N7OS. The number of fused-ring (bicyclic) bond motifs is 5. The van der Waals surface area contributed by atoms with E-state index in [0.717, 1.165) is 49.6 Å². The highest BCUT2D eigenvalue weighted by molar-refractivity contribution is 7.22. The number of hydrogen-bond donors (Lipinski definition) is 2. The molecule has 2 unspecified atom stereocenters. The maximum atomic E-state index is 16.5. The van der Waals surface area contributed by atoms with Gasteiger partial charge in [-0.2, -0.15) is 9.97 Å². The van der Waals surface area contributed by atoms with E-state index < -0.39 is 29.2 Å². The number of anilines is 2. The number of nitrogens with zero attached hydrogens (tertiary/aromatic N) is 5. The second-order valence-electron chi connectivity index (χ2n) is 12.0. The van der Waals surface area contributed by atoms with Crippen molar-refractivity contribution in [3.63, 3.8) is 0 Å². The molecule has 4 aliphatic rings. The number of alkyl halides is 1. The Bertz CT molecular complexity index is 1720. The van der Waals surface area contributed by atoms with Crippen molar-refractivity contribution < 1.29 is 22.3 Å². The monoisotopic (exact) mass is 599 g/mol. The molecule has 8 rings (SSSR count). The smallest absolute Gasteiger partial charge is 0.319 e. The van der Waals surface area contributed by atoms with E-state index in [-0.39, 0.29) is 62.1 Å². The topological polar surface area (TPSA) is 92.4 Å². The molecule has 0 amide bonds. The van der Waals surface area contributed by atoms with Crippen LogP contribution in [0.2, 0.25) is 0 Å². The highest BCUT2D eigenvalue weighted by atomic mass is 32.1. The molecule has 4 aromatic rings. The van der Waals surface area contributed by atoms with Crippen LogP contribution >= 0.6 is 11.3 Å². The van der Waals surface area contributed by atoms with Crippen molar-refractivity contribution in [2.75, 3.05) is 43.4 Å². The van der Waals surface area contributed by atoms with Crippen LogP contribution in [0.3, 0.4) is 0 Å². The predicted octanol–water partition coefficient (Wildman–Crippen LogP) is 4.80. The van der Waals surface area contributed by atoms with E-state index in [1.54, 1.807) is 0 Å². The van der Waals surface area contributed by atoms with Crippen LogP contribution in [-0.4, -0.2) is 76.4 Å². The van der Waals surface area contributed by atoms with E-state index in [0.29, 0.717) is 31.9 Å². The van der Waals surface area contributed by atoms with Gasteiger partial charge in [-0.25, -0.2) is 22.5 Å². The fraction of sp³-hybridized carbons (Fsp3) is 0.483. The Kier molecular flexibility index (Phi) is 6.03. The first-order valence-corrected chi connectivity index (χ1v) is 15.2. The number of nitrogens with two attached hydrogens (primary N) is 1. The fourth-order valence-corrected chi connectivity index (χ4v) is 8.29. The van der Waals surface area contributed by atoms with Crippen LogP contribution in [-0.2, 0) is 0 Å². The zero-order valence-electron chi connectivity index (χ0n) is 22.7. The van der Waals surface area contributed by atoms with Crippen molar-refractivity contribution in [1.29, 1.82) is 0 Å². The summed E-state index contributed by atoms with van der Waals surface area (Å²) in [5, 5.41) is 3.89. The molecule has 42 heavy (non-hydrogen) atoms. The van der Waals surface area contributed by atoms with E-state index in [2.05, 4.69) is 20.2 Å². The summed E-state index contributed by atoms with van der Waals surface area (Å²) in [5.41, 5.74) is 5.08. The molecule has 6 heterocycles. The molecule has 0 aliphatic carbocycles. The Morgan fingerprint density at radius 2 is 1.86 bits per heavy atom. The van der Waals surface area contributed by atoms with Crippen LogP contribution in [0.1, 0.15) is 32.1 Å². The molecule has 4 aliphatic heterocycles. The highest BCUT2D eigenvalue weighted by Gasteiger charge is 2.49. The first kappa shape index (κ1) is 26.3. The van der Waals surface area contributed by atoms with E-state index in [9.17, 15) is 8.78 Å². The van der Waals surface area contributed by atoms with Crippen molar-refractivity contribution in [2.24, 2.45) is 0 Å². The predicted molar refractivity (Wildman–Crippen MR) is 153 cm³/mol. The molecule has 8 nitrogen and oxygen atoms in total. The fourth-order valence-electron chi connectivity index (χ4n) is 7.52. The number of benzene rings is 2. The molecular weight excluding hydrogens is 570 g/mol. The zero-order valence-corrected chi connectivity index (χ0v) is 23.5. The van der Waals surface area contributed by atoms with Gasteiger partial charge in [0, 0.05) is 49.1 Å². The van der Waals surface area contributed by atoms with Crippen molar-refractivity contribution in [3.05, 3.63) is 35.7 Å². The molecule has 0 spiro atoms. The summed E-state index contributed by atoms with van der Waals surface area (Å²) in [7, 11) is 0. The lowest BCUT2D eigenvalue weighted by atomic mass is 9.95. The van der Waals surface area contributed by atoms with Gasteiger partial charge in [0.15, 0.2) is 10.9 Å². The lowest BCUT2D eigenvalue weighted by molar-refractivity contribution is 0.107. The van der Waals surface area contributed by atoms with Crippen molar-refractivity contribution in [1.82, 2.24) is 25.2 Å². The minimum Gasteiger partial charge on any atom is -0.461 e. The Hall–Kier alpha value is -3.29. The molecule has 4 atom stereocenters. The van der Waals surface area contributed by atoms with Gasteiger partial charge in [-0.1, -0.05) is 11.3 Å². The van der Waals surface area contributed by atoms with Crippen molar-refractivity contribution >= 4 is 43.4 Å². The van der Waals surface area contributed by atoms with Gasteiger partial charge in [-0.15, -0.1) is 0 Å². The molecule has 0 saturated carbocycles. The number of nitrogen functional groups attached to an aromatic ring is 1. The molecule has 0 radical (unpaired) electrons. The van der Waals surface area contributed by atoms with Crippen LogP contribution < -0.4 is 20.7 Å². The van der Waals surface area contributed by atoms with Gasteiger partial charge in [0.05, 0.1) is 21.3 Å². The molecule has 2 bridgehead atoms. The number of thiazole rings is 1. The average molecular weight is 600 g/mol. The van der Waals surface area contributed by atoms with Gasteiger partial charge in [0.1, 0.15) is 35.7 Å². The van der Waals surface area contributed by atoms with Crippen LogP contribution in [0.25, 0.3) is 32.2 Å². The second kappa shape index (κ2) is 9.61. The summed E-state index contributed by atoms with van der Waals surface area (Å²) >= 11 is 0.916. The van der Waals surface area contributed by atoms with Crippen molar-refractivity contribution in [3.8, 4) is 17.1 Å². The van der Waals surface area contributed by atoms with Gasteiger partial charge in [0.25, 0.3) is 0 Å². The third-order valence-electron chi connectivity index (χ3n) is 9.37. The first-order valence-electron chi connectivity index (χ1n) is 14.4. The number of halogens is 4. The maximum absolute atomic E-state index is 16.5. The quantitative estimate of drug-likeness (QED) is 0.316. The van der Waals surface area contributed by atoms with Crippen LogP contribution in [0, 0.1) is 17.5 Å². The SMILES string of the molecule is Nc1nc2c(-c3c(F)cc4c(N5CC6CCC(C5)N6)nc(OC[C@@]56CCCN5C[C@H](F)C6)nc4c3F)ccc(F)c2s1. The number of ether oxygens (including phenoxy) is 1. The normalized spacial score (nSPS) is 27.4. The first-order chi connectivity index (χ1) is 20.3. The molecule has 220 valence electrons. The summed E-state index contributed by atoms with van der Waals surface area (Å²) in [5.74, 6) is -1.92. The lowest BCUT2D eigenvalue weighted by Crippen LogP contribution is -2.51. The number of rotatable bonds is 5. The minimum atomic E-state index is -0.923. The zero-order chi connectivity index (χ0) is 28.7. The van der Waals surface area contributed by atoms with Crippen LogP contribution in [0.5, 0.6) is 6.01 Å². The summed E-state index contributed by atoms with van der Waals surface area (Å²) in [4.78, 5) is 17.5. The molecule has 3 N–H and O–H groups in total.